The lowest BCUT2D eigenvalue weighted by molar-refractivity contribution is -0.302. The Morgan fingerprint density at radius 3 is 1.39 bits per heavy atom. The van der Waals surface area contributed by atoms with Crippen LogP contribution in [-0.2, 0) is 23.8 Å². The van der Waals surface area contributed by atoms with Gasteiger partial charge in [-0.3, -0.25) is 9.59 Å². The fraction of sp³-hybridized carbons (Fsp3) is 0.867. The lowest BCUT2D eigenvalue weighted by Gasteiger charge is -2.40. The SMILES string of the molecule is CCCCCCCCCCCCC/C=C/C(O)C(COC1OC(CO)C(O)C(O)C1O)NC(=O)CCCCCCCCCCCC/C=C\C=C/CCCCCOC(=O)CCCCCCCCCCCCC. The molecule has 1 aliphatic rings. The summed E-state index contributed by atoms with van der Waals surface area (Å²) in [6, 6.07) is -0.817. The molecule has 1 aliphatic heterocycles. The molecule has 1 rings (SSSR count). The second-order valence-electron chi connectivity index (χ2n) is 20.7. The molecule has 0 spiro atoms. The number of amides is 1. The van der Waals surface area contributed by atoms with Gasteiger partial charge in [0.05, 0.1) is 32.0 Å². The standard InChI is InChI=1S/C60H111NO10/c1-3-5-7-9-11-13-15-23-27-30-34-38-42-46-53(63)52(51-70-60-59(68)58(67)57(66)54(50-62)71-60)61-55(64)47-43-39-35-31-28-24-21-19-17-16-18-20-22-25-29-33-37-41-45-49-69-56(65)48-44-40-36-32-26-14-12-10-8-6-4-2/h20,22,25,29,42,46,52-54,57-60,62-63,66-68H,3-19,21,23-24,26-28,30-41,43-45,47-51H2,1-2H3,(H,61,64)/b22-20-,29-25-,46-42+. The van der Waals surface area contributed by atoms with Crippen molar-refractivity contribution in [1.82, 2.24) is 5.32 Å². The lowest BCUT2D eigenvalue weighted by Crippen LogP contribution is -2.60. The van der Waals surface area contributed by atoms with Crippen LogP contribution in [0.25, 0.3) is 0 Å². The van der Waals surface area contributed by atoms with Gasteiger partial charge in [-0.2, -0.15) is 0 Å². The number of carbonyl (C=O) groups is 2. The summed E-state index contributed by atoms with van der Waals surface area (Å²) in [5.41, 5.74) is 0. The maximum atomic E-state index is 13.0. The summed E-state index contributed by atoms with van der Waals surface area (Å²) >= 11 is 0. The molecule has 416 valence electrons. The van der Waals surface area contributed by atoms with Gasteiger partial charge in [0.25, 0.3) is 0 Å². The molecule has 0 aromatic rings. The van der Waals surface area contributed by atoms with Gasteiger partial charge in [0, 0.05) is 12.8 Å². The molecule has 1 saturated heterocycles. The fourth-order valence-electron chi connectivity index (χ4n) is 9.25. The third-order valence-electron chi connectivity index (χ3n) is 14.0. The molecule has 1 fully saturated rings. The smallest absolute Gasteiger partial charge is 0.305 e. The van der Waals surface area contributed by atoms with Crippen LogP contribution in [-0.4, -0.2) is 100 Å². The van der Waals surface area contributed by atoms with Crippen LogP contribution in [0.2, 0.25) is 0 Å². The highest BCUT2D eigenvalue weighted by atomic mass is 16.7. The van der Waals surface area contributed by atoms with Crippen LogP contribution in [0.15, 0.2) is 36.5 Å². The quantitative estimate of drug-likeness (QED) is 0.0149. The third-order valence-corrected chi connectivity index (χ3v) is 14.0. The summed E-state index contributed by atoms with van der Waals surface area (Å²) in [5, 5.41) is 54.4. The van der Waals surface area contributed by atoms with Gasteiger partial charge in [0.2, 0.25) is 5.91 Å². The Morgan fingerprint density at radius 2 is 0.930 bits per heavy atom. The number of carbonyl (C=O) groups excluding carboxylic acids is 2. The van der Waals surface area contributed by atoms with E-state index in [1.54, 1.807) is 6.08 Å². The predicted octanol–water partition coefficient (Wildman–Crippen LogP) is 13.5. The van der Waals surface area contributed by atoms with Crippen LogP contribution in [0, 0.1) is 0 Å². The summed E-state index contributed by atoms with van der Waals surface area (Å²) in [4.78, 5) is 25.0. The summed E-state index contributed by atoms with van der Waals surface area (Å²) in [6.07, 6.45) is 50.8. The first-order valence-electron chi connectivity index (χ1n) is 29.8. The summed E-state index contributed by atoms with van der Waals surface area (Å²) in [5.74, 6) is -0.220. The average molecular weight is 1010 g/mol. The number of hydrogen-bond donors (Lipinski definition) is 6. The van der Waals surface area contributed by atoms with Crippen LogP contribution in [0.3, 0.4) is 0 Å². The molecule has 0 saturated carbocycles. The molecule has 11 heteroatoms. The minimum absolute atomic E-state index is 0.0287. The zero-order valence-corrected chi connectivity index (χ0v) is 45.7. The third kappa shape index (κ3) is 39.9. The molecule has 0 aliphatic carbocycles. The van der Waals surface area contributed by atoms with Gasteiger partial charge in [-0.1, -0.05) is 230 Å². The van der Waals surface area contributed by atoms with Crippen LogP contribution in [0.1, 0.15) is 271 Å². The molecular weight excluding hydrogens is 895 g/mol. The molecule has 0 aromatic carbocycles. The highest BCUT2D eigenvalue weighted by Gasteiger charge is 2.44. The monoisotopic (exact) mass is 1010 g/mol. The van der Waals surface area contributed by atoms with E-state index in [-0.39, 0.29) is 18.5 Å². The first-order chi connectivity index (χ1) is 34.7. The van der Waals surface area contributed by atoms with E-state index in [9.17, 15) is 35.1 Å². The van der Waals surface area contributed by atoms with Crippen molar-refractivity contribution in [2.45, 2.75) is 314 Å². The Kier molecular flexibility index (Phi) is 47.2. The Morgan fingerprint density at radius 1 is 0.521 bits per heavy atom. The zero-order chi connectivity index (χ0) is 51.7. The second-order valence-corrected chi connectivity index (χ2v) is 20.7. The number of esters is 1. The summed E-state index contributed by atoms with van der Waals surface area (Å²) in [7, 11) is 0. The molecule has 0 aromatic heterocycles. The van der Waals surface area contributed by atoms with Crippen LogP contribution >= 0.6 is 0 Å². The van der Waals surface area contributed by atoms with Crippen molar-refractivity contribution in [2.75, 3.05) is 19.8 Å². The van der Waals surface area contributed by atoms with Crippen molar-refractivity contribution in [3.63, 3.8) is 0 Å². The normalized spacial score (nSPS) is 19.3. The van der Waals surface area contributed by atoms with E-state index in [0.29, 0.717) is 19.4 Å². The van der Waals surface area contributed by atoms with Crippen molar-refractivity contribution < 1.29 is 49.3 Å². The van der Waals surface area contributed by atoms with E-state index in [0.717, 1.165) is 89.9 Å². The van der Waals surface area contributed by atoms with Gasteiger partial charge < -0.3 is 45.1 Å². The zero-order valence-electron chi connectivity index (χ0n) is 45.7. The van der Waals surface area contributed by atoms with Gasteiger partial charge in [-0.05, 0) is 64.2 Å². The number of aliphatic hydroxyl groups is 5. The fourth-order valence-corrected chi connectivity index (χ4v) is 9.25. The number of aliphatic hydroxyl groups excluding tert-OH is 5. The topological polar surface area (TPSA) is 175 Å². The van der Waals surface area contributed by atoms with E-state index in [1.807, 2.05) is 6.08 Å². The molecule has 6 N–H and O–H groups in total. The lowest BCUT2D eigenvalue weighted by atomic mass is 9.99. The Labute approximate surface area is 434 Å². The van der Waals surface area contributed by atoms with Gasteiger partial charge in [-0.25, -0.2) is 0 Å². The molecule has 11 nitrogen and oxygen atoms in total. The van der Waals surface area contributed by atoms with Crippen molar-refractivity contribution >= 4 is 11.9 Å². The van der Waals surface area contributed by atoms with Gasteiger partial charge in [-0.15, -0.1) is 0 Å². The first kappa shape index (κ1) is 66.9. The molecule has 1 amide bonds. The first-order valence-corrected chi connectivity index (χ1v) is 29.8. The van der Waals surface area contributed by atoms with Crippen molar-refractivity contribution in [1.29, 1.82) is 0 Å². The molecule has 0 radical (unpaired) electrons. The van der Waals surface area contributed by atoms with E-state index >= 15 is 0 Å². The maximum absolute atomic E-state index is 13.0. The summed E-state index contributed by atoms with van der Waals surface area (Å²) < 4.78 is 16.7. The minimum atomic E-state index is -1.57. The van der Waals surface area contributed by atoms with E-state index in [4.69, 9.17) is 14.2 Å². The number of rotatable bonds is 51. The van der Waals surface area contributed by atoms with Crippen molar-refractivity contribution in [3.05, 3.63) is 36.5 Å². The van der Waals surface area contributed by atoms with Crippen LogP contribution in [0.5, 0.6) is 0 Å². The van der Waals surface area contributed by atoms with Gasteiger partial charge >= 0.3 is 5.97 Å². The van der Waals surface area contributed by atoms with Crippen molar-refractivity contribution in [3.8, 4) is 0 Å². The molecule has 71 heavy (non-hydrogen) atoms. The van der Waals surface area contributed by atoms with E-state index in [2.05, 4.69) is 43.5 Å². The molecule has 0 bridgehead atoms. The molecule has 7 atom stereocenters. The molecular formula is C60H111NO10. The number of nitrogens with one attached hydrogen (secondary N) is 1. The highest BCUT2D eigenvalue weighted by molar-refractivity contribution is 5.76. The largest absolute Gasteiger partial charge is 0.466 e. The highest BCUT2D eigenvalue weighted by Crippen LogP contribution is 2.23. The van der Waals surface area contributed by atoms with E-state index < -0.39 is 49.5 Å². The minimum Gasteiger partial charge on any atom is -0.466 e. The Hall–Kier alpha value is -2.12. The number of hydrogen-bond acceptors (Lipinski definition) is 10. The van der Waals surface area contributed by atoms with Gasteiger partial charge in [0.1, 0.15) is 24.4 Å². The van der Waals surface area contributed by atoms with Crippen molar-refractivity contribution in [2.24, 2.45) is 0 Å². The molecule has 1 heterocycles. The predicted molar refractivity (Wildman–Crippen MR) is 292 cm³/mol. The van der Waals surface area contributed by atoms with Gasteiger partial charge in [0.15, 0.2) is 6.29 Å². The van der Waals surface area contributed by atoms with Crippen LogP contribution < -0.4 is 5.32 Å². The van der Waals surface area contributed by atoms with E-state index in [1.165, 1.54) is 154 Å². The Balaban J connectivity index is 2.13. The average Bonchev–Trinajstić information content (AvgIpc) is 3.37. The Bertz CT molecular complexity index is 1280. The maximum Gasteiger partial charge on any atom is 0.305 e. The van der Waals surface area contributed by atoms with Crippen LogP contribution in [0.4, 0.5) is 0 Å². The number of allylic oxidation sites excluding steroid dienone is 5. The molecule has 7 unspecified atom stereocenters. The number of unbranched alkanes of at least 4 members (excludes halogenated alkanes) is 34. The second kappa shape index (κ2) is 50.1. The summed E-state index contributed by atoms with van der Waals surface area (Å²) in [6.45, 7) is 4.29. The number of ether oxygens (including phenoxy) is 3.